The van der Waals surface area contributed by atoms with Crippen molar-refractivity contribution in [1.29, 1.82) is 0 Å². The van der Waals surface area contributed by atoms with Crippen molar-refractivity contribution in [2.75, 3.05) is 0 Å². The SMILES string of the molecule is C=C(C[C@H](CC(=O)O)C(C)C)NC(=O)c1cccc2cnn(Cc3ccc(OC(F)(F)F)cc3)c12. The van der Waals surface area contributed by atoms with Gasteiger partial charge in [0.05, 0.1) is 23.8 Å². The predicted octanol–water partition coefficient (Wildman–Crippen LogP) is 5.36. The summed E-state index contributed by atoms with van der Waals surface area (Å²) in [6, 6.07) is 10.6. The van der Waals surface area contributed by atoms with Gasteiger partial charge in [0.2, 0.25) is 0 Å². The third-order valence-electron chi connectivity index (χ3n) is 5.57. The second-order valence-corrected chi connectivity index (χ2v) is 8.60. The molecule has 0 unspecified atom stereocenters. The number of allylic oxidation sites excluding steroid dienone is 1. The van der Waals surface area contributed by atoms with Crippen LogP contribution < -0.4 is 10.1 Å². The molecule has 0 saturated heterocycles. The van der Waals surface area contributed by atoms with E-state index >= 15 is 0 Å². The Labute approximate surface area is 200 Å². The van der Waals surface area contributed by atoms with Gasteiger partial charge >= 0.3 is 12.3 Å². The number of rotatable bonds is 10. The third-order valence-corrected chi connectivity index (χ3v) is 5.57. The summed E-state index contributed by atoms with van der Waals surface area (Å²) in [5, 5.41) is 17.0. The molecule has 35 heavy (non-hydrogen) atoms. The van der Waals surface area contributed by atoms with Gasteiger partial charge < -0.3 is 15.2 Å². The van der Waals surface area contributed by atoms with Crippen LogP contribution in [0, 0.1) is 11.8 Å². The Morgan fingerprint density at radius 1 is 1.14 bits per heavy atom. The quantitative estimate of drug-likeness (QED) is 0.400. The van der Waals surface area contributed by atoms with E-state index in [9.17, 15) is 22.8 Å². The molecule has 0 bridgehead atoms. The predicted molar refractivity (Wildman–Crippen MR) is 124 cm³/mol. The molecule has 0 spiro atoms. The number of carboxylic acid groups (broad SMARTS) is 1. The van der Waals surface area contributed by atoms with Crippen molar-refractivity contribution in [3.05, 3.63) is 72.1 Å². The van der Waals surface area contributed by atoms with Crippen LogP contribution in [-0.4, -0.2) is 33.1 Å². The minimum atomic E-state index is -4.77. The fourth-order valence-electron chi connectivity index (χ4n) is 3.78. The molecule has 0 aliphatic carbocycles. The molecule has 0 fully saturated rings. The summed E-state index contributed by atoms with van der Waals surface area (Å²) < 4.78 is 42.7. The van der Waals surface area contributed by atoms with Crippen molar-refractivity contribution in [1.82, 2.24) is 15.1 Å². The van der Waals surface area contributed by atoms with Crippen molar-refractivity contribution >= 4 is 22.8 Å². The smallest absolute Gasteiger partial charge is 0.481 e. The standard InChI is InChI=1S/C25H26F3N3O4/c1-15(2)19(12-22(32)33)11-16(3)30-24(34)21-6-4-5-18-13-29-31(23(18)21)14-17-7-9-20(10-8-17)35-25(26,27)28/h4-10,13,15,19H,3,11-12,14H2,1-2H3,(H,30,34)(H,32,33)/t19-/m1/s1. The maximum Gasteiger partial charge on any atom is 0.573 e. The molecule has 3 rings (SSSR count). The van der Waals surface area contributed by atoms with Gasteiger partial charge in [-0.1, -0.05) is 44.7 Å². The van der Waals surface area contributed by atoms with Crippen LogP contribution in [-0.2, 0) is 11.3 Å². The third kappa shape index (κ3) is 7.08. The number of ether oxygens (including phenoxy) is 1. The molecule has 1 atom stereocenters. The molecule has 1 aromatic heterocycles. The Hall–Kier alpha value is -3.82. The lowest BCUT2D eigenvalue weighted by Crippen LogP contribution is -2.26. The highest BCUT2D eigenvalue weighted by molar-refractivity contribution is 6.06. The van der Waals surface area contributed by atoms with Crippen LogP contribution in [0.2, 0.25) is 0 Å². The van der Waals surface area contributed by atoms with Crippen molar-refractivity contribution in [2.24, 2.45) is 11.8 Å². The van der Waals surface area contributed by atoms with E-state index in [1.54, 1.807) is 29.1 Å². The Balaban J connectivity index is 1.78. The monoisotopic (exact) mass is 489 g/mol. The van der Waals surface area contributed by atoms with Crippen LogP contribution in [0.1, 0.15) is 42.6 Å². The fraction of sp³-hybridized carbons (Fsp3) is 0.320. The topological polar surface area (TPSA) is 93.5 Å². The summed E-state index contributed by atoms with van der Waals surface area (Å²) in [6.45, 7) is 7.96. The zero-order valence-corrected chi connectivity index (χ0v) is 19.3. The van der Waals surface area contributed by atoms with E-state index in [1.807, 2.05) is 13.8 Å². The first-order valence-electron chi connectivity index (χ1n) is 10.9. The lowest BCUT2D eigenvalue weighted by atomic mass is 9.88. The molecule has 1 amide bonds. The number of para-hydroxylation sites is 1. The van der Waals surface area contributed by atoms with Gasteiger partial charge in [-0.25, -0.2) is 0 Å². The molecule has 7 nitrogen and oxygen atoms in total. The summed E-state index contributed by atoms with van der Waals surface area (Å²) in [7, 11) is 0. The maximum absolute atomic E-state index is 13.1. The largest absolute Gasteiger partial charge is 0.573 e. The number of carbonyl (C=O) groups excluding carboxylic acids is 1. The average Bonchev–Trinajstić information content (AvgIpc) is 3.16. The van der Waals surface area contributed by atoms with Crippen LogP contribution in [0.25, 0.3) is 10.9 Å². The van der Waals surface area contributed by atoms with Crippen LogP contribution in [0.3, 0.4) is 0 Å². The normalized spacial score (nSPS) is 12.5. The molecule has 0 saturated carbocycles. The van der Waals surface area contributed by atoms with E-state index in [2.05, 4.69) is 21.7 Å². The average molecular weight is 489 g/mol. The van der Waals surface area contributed by atoms with Crippen LogP contribution in [0.15, 0.2) is 60.9 Å². The molecule has 10 heteroatoms. The van der Waals surface area contributed by atoms with Crippen LogP contribution >= 0.6 is 0 Å². The van der Waals surface area contributed by atoms with Gasteiger partial charge in [-0.2, -0.15) is 5.10 Å². The van der Waals surface area contributed by atoms with E-state index in [4.69, 9.17) is 5.11 Å². The van der Waals surface area contributed by atoms with Gasteiger partial charge in [0.15, 0.2) is 0 Å². The summed E-state index contributed by atoms with van der Waals surface area (Å²) in [4.78, 5) is 24.2. The van der Waals surface area contributed by atoms with Crippen LogP contribution in [0.4, 0.5) is 13.2 Å². The molecule has 2 aromatic carbocycles. The highest BCUT2D eigenvalue weighted by Crippen LogP contribution is 2.25. The molecule has 0 aliphatic heterocycles. The Morgan fingerprint density at radius 2 is 1.83 bits per heavy atom. The van der Waals surface area contributed by atoms with Gasteiger partial charge in [0, 0.05) is 17.5 Å². The number of carbonyl (C=O) groups is 2. The molecule has 0 radical (unpaired) electrons. The maximum atomic E-state index is 13.1. The molecule has 0 aliphatic rings. The van der Waals surface area contributed by atoms with Gasteiger partial charge in [-0.3, -0.25) is 14.3 Å². The summed E-state index contributed by atoms with van der Waals surface area (Å²) in [6.07, 6.45) is -2.86. The summed E-state index contributed by atoms with van der Waals surface area (Å²) in [5.74, 6) is -1.72. The lowest BCUT2D eigenvalue weighted by Gasteiger charge is -2.20. The van der Waals surface area contributed by atoms with Gasteiger partial charge in [-0.05, 0) is 42.0 Å². The number of halogens is 3. The number of nitrogens with one attached hydrogen (secondary N) is 1. The zero-order valence-electron chi connectivity index (χ0n) is 19.3. The second-order valence-electron chi connectivity index (χ2n) is 8.60. The number of fused-ring (bicyclic) bond motifs is 1. The molecule has 2 N–H and O–H groups in total. The van der Waals surface area contributed by atoms with Crippen molar-refractivity contribution in [3.63, 3.8) is 0 Å². The Morgan fingerprint density at radius 3 is 2.43 bits per heavy atom. The molecule has 3 aromatic rings. The molecule has 186 valence electrons. The Bertz CT molecular complexity index is 1220. The zero-order chi connectivity index (χ0) is 25.8. The number of hydrogen-bond donors (Lipinski definition) is 2. The van der Waals surface area contributed by atoms with Gasteiger partial charge in [0.25, 0.3) is 5.91 Å². The van der Waals surface area contributed by atoms with E-state index in [-0.39, 0.29) is 30.6 Å². The van der Waals surface area contributed by atoms with E-state index in [1.165, 1.54) is 24.3 Å². The van der Waals surface area contributed by atoms with E-state index < -0.39 is 18.2 Å². The number of amides is 1. The first kappa shape index (κ1) is 25.8. The number of aliphatic carboxylic acids is 1. The lowest BCUT2D eigenvalue weighted by molar-refractivity contribution is -0.274. The summed E-state index contributed by atoms with van der Waals surface area (Å²) >= 11 is 0. The molecular formula is C25H26F3N3O4. The van der Waals surface area contributed by atoms with E-state index in [0.29, 0.717) is 34.1 Å². The van der Waals surface area contributed by atoms with Gasteiger partial charge in [0.1, 0.15) is 5.75 Å². The molecular weight excluding hydrogens is 463 g/mol. The van der Waals surface area contributed by atoms with E-state index in [0.717, 1.165) is 0 Å². The van der Waals surface area contributed by atoms with Crippen molar-refractivity contribution in [3.8, 4) is 5.75 Å². The highest BCUT2D eigenvalue weighted by atomic mass is 19.4. The minimum Gasteiger partial charge on any atom is -0.481 e. The van der Waals surface area contributed by atoms with Gasteiger partial charge in [-0.15, -0.1) is 13.2 Å². The fourth-order valence-corrected chi connectivity index (χ4v) is 3.78. The number of carboxylic acids is 1. The van der Waals surface area contributed by atoms with Crippen molar-refractivity contribution in [2.45, 2.75) is 39.6 Å². The number of benzene rings is 2. The number of nitrogens with zero attached hydrogens (tertiary/aromatic N) is 2. The number of hydrogen-bond acceptors (Lipinski definition) is 4. The highest BCUT2D eigenvalue weighted by Gasteiger charge is 2.31. The first-order chi connectivity index (χ1) is 16.4. The number of aromatic nitrogens is 2. The minimum absolute atomic E-state index is 0.0261. The Kier molecular flexibility index (Phi) is 7.83. The number of alkyl halides is 3. The first-order valence-corrected chi connectivity index (χ1v) is 10.9. The summed E-state index contributed by atoms with van der Waals surface area (Å²) in [5.41, 5.74) is 1.98. The molecule has 1 heterocycles. The van der Waals surface area contributed by atoms with Crippen molar-refractivity contribution < 1.29 is 32.6 Å². The second kappa shape index (κ2) is 10.6. The van der Waals surface area contributed by atoms with Crippen LogP contribution in [0.5, 0.6) is 5.75 Å².